The molecule has 2 aliphatic carbocycles. The van der Waals surface area contributed by atoms with E-state index in [0.717, 1.165) is 11.8 Å². The van der Waals surface area contributed by atoms with Crippen LogP contribution in [0, 0.1) is 17.8 Å². The van der Waals surface area contributed by atoms with Crippen molar-refractivity contribution in [3.8, 4) is 0 Å². The lowest BCUT2D eigenvalue weighted by Crippen LogP contribution is -2.30. The number of aromatic carboxylic acids is 1. The Labute approximate surface area is 113 Å². The van der Waals surface area contributed by atoms with E-state index in [1.54, 1.807) is 12.3 Å². The minimum Gasteiger partial charge on any atom is -0.478 e. The van der Waals surface area contributed by atoms with Gasteiger partial charge in [-0.2, -0.15) is 0 Å². The summed E-state index contributed by atoms with van der Waals surface area (Å²) in [7, 11) is 0. The molecule has 0 saturated heterocycles. The zero-order valence-electron chi connectivity index (χ0n) is 11.2. The highest BCUT2D eigenvalue weighted by Gasteiger charge is 2.41. The Morgan fingerprint density at radius 3 is 2.95 bits per heavy atom. The SMILES string of the molecule is CC(Nc1ccncc1C(=O)O)C1CC2CCC1C2. The van der Waals surface area contributed by atoms with Gasteiger partial charge in [-0.05, 0) is 50.0 Å². The van der Waals surface area contributed by atoms with E-state index in [1.165, 1.54) is 31.9 Å². The summed E-state index contributed by atoms with van der Waals surface area (Å²) >= 11 is 0. The maximum absolute atomic E-state index is 11.2. The topological polar surface area (TPSA) is 62.2 Å². The molecule has 0 radical (unpaired) electrons. The normalized spacial score (nSPS) is 30.3. The monoisotopic (exact) mass is 260 g/mol. The van der Waals surface area contributed by atoms with Gasteiger partial charge in [-0.1, -0.05) is 6.42 Å². The zero-order valence-corrected chi connectivity index (χ0v) is 11.2. The second-order valence-electron chi connectivity index (χ2n) is 6.00. The first-order chi connectivity index (χ1) is 9.15. The fourth-order valence-electron chi connectivity index (χ4n) is 3.95. The van der Waals surface area contributed by atoms with E-state index in [1.807, 2.05) is 0 Å². The zero-order chi connectivity index (χ0) is 13.4. The number of carboxylic acid groups (broad SMARTS) is 1. The molecule has 0 amide bonds. The Morgan fingerprint density at radius 1 is 1.47 bits per heavy atom. The molecule has 102 valence electrons. The minimum absolute atomic E-state index is 0.262. The number of fused-ring (bicyclic) bond motifs is 2. The van der Waals surface area contributed by atoms with Crippen LogP contribution >= 0.6 is 0 Å². The number of anilines is 1. The van der Waals surface area contributed by atoms with Gasteiger partial charge in [0.2, 0.25) is 0 Å². The van der Waals surface area contributed by atoms with Crippen molar-refractivity contribution in [3.63, 3.8) is 0 Å². The molecule has 0 aliphatic heterocycles. The van der Waals surface area contributed by atoms with Crippen molar-refractivity contribution in [1.29, 1.82) is 0 Å². The first-order valence-corrected chi connectivity index (χ1v) is 7.09. The highest BCUT2D eigenvalue weighted by molar-refractivity contribution is 5.93. The molecule has 4 heteroatoms. The van der Waals surface area contributed by atoms with E-state index in [2.05, 4.69) is 17.2 Å². The number of carboxylic acids is 1. The molecule has 1 heterocycles. The van der Waals surface area contributed by atoms with Gasteiger partial charge in [0.1, 0.15) is 5.56 Å². The third-order valence-corrected chi connectivity index (χ3v) is 4.87. The quantitative estimate of drug-likeness (QED) is 0.873. The highest BCUT2D eigenvalue weighted by atomic mass is 16.4. The fourth-order valence-corrected chi connectivity index (χ4v) is 3.95. The molecular weight excluding hydrogens is 240 g/mol. The van der Waals surface area contributed by atoms with Crippen molar-refractivity contribution in [1.82, 2.24) is 4.98 Å². The second kappa shape index (κ2) is 4.83. The standard InChI is InChI=1S/C15H20N2O2/c1-9(12-7-10-2-3-11(12)6-10)17-14-4-5-16-8-13(14)15(18)19/h4-5,8-12H,2-3,6-7H2,1H3,(H,16,17)(H,18,19). The molecule has 4 atom stereocenters. The van der Waals surface area contributed by atoms with Gasteiger partial charge in [-0.15, -0.1) is 0 Å². The Balaban J connectivity index is 1.73. The van der Waals surface area contributed by atoms with Gasteiger partial charge < -0.3 is 10.4 Å². The second-order valence-corrected chi connectivity index (χ2v) is 6.00. The summed E-state index contributed by atoms with van der Waals surface area (Å²) in [6.45, 7) is 2.18. The Morgan fingerprint density at radius 2 is 2.32 bits per heavy atom. The number of pyridine rings is 1. The van der Waals surface area contributed by atoms with Crippen molar-refractivity contribution in [2.75, 3.05) is 5.32 Å². The molecule has 2 bridgehead atoms. The highest BCUT2D eigenvalue weighted by Crippen LogP contribution is 2.49. The smallest absolute Gasteiger partial charge is 0.339 e. The van der Waals surface area contributed by atoms with Crippen molar-refractivity contribution >= 4 is 11.7 Å². The molecule has 4 nitrogen and oxygen atoms in total. The molecule has 2 aliphatic rings. The van der Waals surface area contributed by atoms with Crippen LogP contribution in [0.25, 0.3) is 0 Å². The molecule has 2 N–H and O–H groups in total. The molecule has 19 heavy (non-hydrogen) atoms. The van der Waals surface area contributed by atoms with E-state index in [-0.39, 0.29) is 5.56 Å². The van der Waals surface area contributed by atoms with Crippen LogP contribution < -0.4 is 5.32 Å². The van der Waals surface area contributed by atoms with Crippen LogP contribution in [0.4, 0.5) is 5.69 Å². The van der Waals surface area contributed by atoms with E-state index in [4.69, 9.17) is 5.11 Å². The Hall–Kier alpha value is -1.58. The summed E-state index contributed by atoms with van der Waals surface area (Å²) in [4.78, 5) is 15.1. The molecule has 0 aromatic carbocycles. The van der Waals surface area contributed by atoms with Gasteiger partial charge in [0.05, 0.1) is 5.69 Å². The third-order valence-electron chi connectivity index (χ3n) is 4.87. The summed E-state index contributed by atoms with van der Waals surface area (Å²) in [6, 6.07) is 2.09. The van der Waals surface area contributed by atoms with Crippen LogP contribution in [0.1, 0.15) is 43.0 Å². The van der Waals surface area contributed by atoms with Crippen LogP contribution in [-0.2, 0) is 0 Å². The predicted molar refractivity (Wildman–Crippen MR) is 73.2 cm³/mol. The van der Waals surface area contributed by atoms with Crippen LogP contribution in [-0.4, -0.2) is 22.1 Å². The van der Waals surface area contributed by atoms with Crippen LogP contribution in [0.15, 0.2) is 18.5 Å². The molecule has 1 aromatic rings. The van der Waals surface area contributed by atoms with Crippen LogP contribution in [0.2, 0.25) is 0 Å². The third kappa shape index (κ3) is 2.31. The van der Waals surface area contributed by atoms with Crippen LogP contribution in [0.5, 0.6) is 0 Å². The average Bonchev–Trinajstić information content (AvgIpc) is 3.01. The maximum atomic E-state index is 11.2. The van der Waals surface area contributed by atoms with Gasteiger partial charge in [0, 0.05) is 18.4 Å². The fraction of sp³-hybridized carbons (Fsp3) is 0.600. The number of rotatable bonds is 4. The van der Waals surface area contributed by atoms with Crippen molar-refractivity contribution in [3.05, 3.63) is 24.0 Å². The molecule has 1 aromatic heterocycles. The van der Waals surface area contributed by atoms with Crippen LogP contribution in [0.3, 0.4) is 0 Å². The summed E-state index contributed by atoms with van der Waals surface area (Å²) in [5.74, 6) is 1.52. The summed E-state index contributed by atoms with van der Waals surface area (Å²) in [6.07, 6.45) is 8.47. The van der Waals surface area contributed by atoms with Crippen molar-refractivity contribution in [2.45, 2.75) is 38.6 Å². The first kappa shape index (κ1) is 12.5. The average molecular weight is 260 g/mol. The number of hydrogen-bond donors (Lipinski definition) is 2. The van der Waals surface area contributed by atoms with E-state index < -0.39 is 5.97 Å². The van der Waals surface area contributed by atoms with Gasteiger partial charge in [0.15, 0.2) is 0 Å². The van der Waals surface area contributed by atoms with Crippen molar-refractivity contribution < 1.29 is 9.90 Å². The molecule has 0 spiro atoms. The van der Waals surface area contributed by atoms with Gasteiger partial charge >= 0.3 is 5.97 Å². The summed E-state index contributed by atoms with van der Waals surface area (Å²) in [5, 5.41) is 12.6. The predicted octanol–water partition coefficient (Wildman–Crippen LogP) is 3.02. The van der Waals surface area contributed by atoms with Crippen molar-refractivity contribution in [2.24, 2.45) is 17.8 Å². The van der Waals surface area contributed by atoms with E-state index >= 15 is 0 Å². The lowest BCUT2D eigenvalue weighted by molar-refractivity contribution is 0.0697. The number of nitrogens with one attached hydrogen (secondary N) is 1. The number of nitrogens with zero attached hydrogens (tertiary/aromatic N) is 1. The lowest BCUT2D eigenvalue weighted by atomic mass is 9.84. The molecule has 4 unspecified atom stereocenters. The number of aromatic nitrogens is 1. The van der Waals surface area contributed by atoms with Gasteiger partial charge in [-0.3, -0.25) is 4.98 Å². The van der Waals surface area contributed by atoms with E-state index in [0.29, 0.717) is 17.6 Å². The van der Waals surface area contributed by atoms with Gasteiger partial charge in [-0.25, -0.2) is 4.79 Å². The summed E-state index contributed by atoms with van der Waals surface area (Å²) in [5.41, 5.74) is 0.954. The molecule has 2 saturated carbocycles. The van der Waals surface area contributed by atoms with E-state index in [9.17, 15) is 4.79 Å². The Kier molecular flexibility index (Phi) is 3.17. The van der Waals surface area contributed by atoms with Gasteiger partial charge in [0.25, 0.3) is 0 Å². The summed E-state index contributed by atoms with van der Waals surface area (Å²) < 4.78 is 0. The molecular formula is C15H20N2O2. The maximum Gasteiger partial charge on any atom is 0.339 e. The minimum atomic E-state index is -0.921. The number of hydrogen-bond acceptors (Lipinski definition) is 3. The Bertz CT molecular complexity index is 489. The molecule has 2 fully saturated rings. The first-order valence-electron chi connectivity index (χ1n) is 7.09. The lowest BCUT2D eigenvalue weighted by Gasteiger charge is -2.29. The molecule has 3 rings (SSSR count). The number of carbonyl (C=O) groups is 1. The largest absolute Gasteiger partial charge is 0.478 e.